The van der Waals surface area contributed by atoms with E-state index in [1.54, 1.807) is 10.9 Å². The van der Waals surface area contributed by atoms with Gasteiger partial charge in [-0.05, 0) is 24.6 Å². The van der Waals surface area contributed by atoms with Gasteiger partial charge in [-0.25, -0.2) is 4.99 Å². The first kappa shape index (κ1) is 21.2. The van der Waals surface area contributed by atoms with Crippen LogP contribution in [0.5, 0.6) is 0 Å². The molecule has 138 valence electrons. The van der Waals surface area contributed by atoms with E-state index in [1.807, 2.05) is 14.0 Å². The van der Waals surface area contributed by atoms with Crippen LogP contribution >= 0.6 is 24.0 Å². The Morgan fingerprint density at radius 1 is 1.20 bits per heavy atom. The van der Waals surface area contributed by atoms with Crippen LogP contribution in [0, 0.1) is 0 Å². The maximum atomic E-state index is 12.5. The Labute approximate surface area is 161 Å². The van der Waals surface area contributed by atoms with E-state index in [0.29, 0.717) is 24.6 Å². The van der Waals surface area contributed by atoms with Gasteiger partial charge in [0.25, 0.3) is 0 Å². The first-order valence-corrected chi connectivity index (χ1v) is 7.41. The summed E-state index contributed by atoms with van der Waals surface area (Å²) in [6.07, 6.45) is -2.72. The van der Waals surface area contributed by atoms with Crippen LogP contribution < -0.4 is 10.6 Å². The second-order valence-electron chi connectivity index (χ2n) is 5.10. The maximum Gasteiger partial charge on any atom is 0.416 e. The summed E-state index contributed by atoms with van der Waals surface area (Å²) in [5.41, 5.74) is 0.0291. The predicted octanol–water partition coefficient (Wildman–Crippen LogP) is 2.71. The number of alkyl halides is 3. The number of aromatic nitrogens is 3. The zero-order valence-electron chi connectivity index (χ0n) is 13.8. The lowest BCUT2D eigenvalue weighted by Gasteiger charge is -2.11. The van der Waals surface area contributed by atoms with Crippen molar-refractivity contribution in [2.75, 3.05) is 6.54 Å². The van der Waals surface area contributed by atoms with E-state index in [1.165, 1.54) is 12.1 Å². The van der Waals surface area contributed by atoms with Crippen LogP contribution in [0.1, 0.15) is 23.9 Å². The normalized spacial score (nSPS) is 11.8. The third-order valence-corrected chi connectivity index (χ3v) is 3.26. The van der Waals surface area contributed by atoms with Gasteiger partial charge in [-0.15, -0.1) is 34.2 Å². The highest BCUT2D eigenvalue weighted by molar-refractivity contribution is 14.0. The number of hydrogen-bond donors (Lipinski definition) is 2. The van der Waals surface area contributed by atoms with Crippen molar-refractivity contribution in [1.82, 2.24) is 25.4 Å². The van der Waals surface area contributed by atoms with Crippen molar-refractivity contribution >= 4 is 29.9 Å². The van der Waals surface area contributed by atoms with Gasteiger partial charge in [-0.1, -0.05) is 12.1 Å². The van der Waals surface area contributed by atoms with Crippen molar-refractivity contribution < 1.29 is 13.2 Å². The van der Waals surface area contributed by atoms with E-state index in [4.69, 9.17) is 0 Å². The Balaban J connectivity index is 0.00000312. The molecule has 2 N–H and O–H groups in total. The number of nitrogens with zero attached hydrogens (tertiary/aromatic N) is 4. The van der Waals surface area contributed by atoms with Gasteiger partial charge >= 0.3 is 6.18 Å². The number of rotatable bonds is 5. The van der Waals surface area contributed by atoms with E-state index in [0.717, 1.165) is 18.0 Å². The lowest BCUT2D eigenvalue weighted by Crippen LogP contribution is -2.37. The first-order chi connectivity index (χ1) is 11.4. The highest BCUT2D eigenvalue weighted by Gasteiger charge is 2.29. The van der Waals surface area contributed by atoms with Gasteiger partial charge in [0, 0.05) is 13.6 Å². The number of aliphatic imine (C=N–C) groups is 1. The van der Waals surface area contributed by atoms with Gasteiger partial charge in [0.15, 0.2) is 11.8 Å². The van der Waals surface area contributed by atoms with Crippen molar-refractivity contribution in [3.63, 3.8) is 0 Å². The molecule has 2 aromatic rings. The summed E-state index contributed by atoms with van der Waals surface area (Å²) >= 11 is 0. The minimum absolute atomic E-state index is 0. The third-order valence-electron chi connectivity index (χ3n) is 3.26. The Hall–Kier alpha value is -1.85. The number of benzene rings is 1. The second kappa shape index (κ2) is 9.59. The number of halogens is 4. The minimum Gasteiger partial charge on any atom is -0.357 e. The molecule has 0 amide bonds. The lowest BCUT2D eigenvalue weighted by molar-refractivity contribution is -0.137. The molecule has 25 heavy (non-hydrogen) atoms. The molecule has 0 aliphatic heterocycles. The van der Waals surface area contributed by atoms with Gasteiger partial charge in [0.05, 0.1) is 18.7 Å². The Morgan fingerprint density at radius 3 is 2.40 bits per heavy atom. The van der Waals surface area contributed by atoms with Crippen LogP contribution in [-0.4, -0.2) is 27.3 Å². The molecular formula is C15H20F3IN6. The number of hydrogen-bond acceptors (Lipinski definition) is 3. The average Bonchev–Trinajstić information content (AvgIpc) is 2.95. The molecule has 0 radical (unpaired) electrons. The highest BCUT2D eigenvalue weighted by Crippen LogP contribution is 2.29. The molecule has 0 spiro atoms. The van der Waals surface area contributed by atoms with Crippen LogP contribution in [0.15, 0.2) is 35.6 Å². The van der Waals surface area contributed by atoms with Crippen LogP contribution in [0.3, 0.4) is 0 Å². The molecule has 0 atom stereocenters. The zero-order valence-corrected chi connectivity index (χ0v) is 16.2. The van der Waals surface area contributed by atoms with Crippen LogP contribution in [0.25, 0.3) is 0 Å². The van der Waals surface area contributed by atoms with Gasteiger partial charge in [0.1, 0.15) is 6.33 Å². The molecule has 10 heteroatoms. The Kier molecular flexibility index (Phi) is 8.13. The van der Waals surface area contributed by atoms with Gasteiger partial charge in [0.2, 0.25) is 0 Å². The fraction of sp³-hybridized carbons (Fsp3) is 0.400. The van der Waals surface area contributed by atoms with Crippen molar-refractivity contribution in [1.29, 1.82) is 0 Å². The molecular weight excluding hydrogens is 448 g/mol. The average molecular weight is 468 g/mol. The van der Waals surface area contributed by atoms with Crippen LogP contribution in [0.2, 0.25) is 0 Å². The molecule has 0 bridgehead atoms. The van der Waals surface area contributed by atoms with E-state index >= 15 is 0 Å². The summed E-state index contributed by atoms with van der Waals surface area (Å²) < 4.78 is 39.4. The Bertz CT molecular complexity index is 681. The molecule has 0 fully saturated rings. The van der Waals surface area contributed by atoms with E-state index < -0.39 is 11.7 Å². The summed E-state index contributed by atoms with van der Waals surface area (Å²) in [6, 6.07) is 4.98. The van der Waals surface area contributed by atoms with Crippen LogP contribution in [-0.2, 0) is 26.3 Å². The molecule has 1 aromatic heterocycles. The highest BCUT2D eigenvalue weighted by atomic mass is 127. The van der Waals surface area contributed by atoms with Gasteiger partial charge in [-0.3, -0.25) is 0 Å². The lowest BCUT2D eigenvalue weighted by atomic mass is 10.1. The summed E-state index contributed by atoms with van der Waals surface area (Å²) in [5, 5.41) is 13.9. The standard InChI is InChI=1S/C15H19F3N6.HI/c1-3-19-14(21-9-13-23-22-10-24(13)2)20-8-11-4-6-12(7-5-11)15(16,17)18;/h4-7,10H,3,8-9H2,1-2H3,(H2,19,20,21);1H. The molecule has 2 rings (SSSR count). The monoisotopic (exact) mass is 468 g/mol. The molecule has 0 aliphatic rings. The third kappa shape index (κ3) is 6.52. The fourth-order valence-electron chi connectivity index (χ4n) is 1.94. The quantitative estimate of drug-likeness (QED) is 0.403. The summed E-state index contributed by atoms with van der Waals surface area (Å²) in [7, 11) is 1.84. The molecule has 0 saturated carbocycles. The van der Waals surface area contributed by atoms with E-state index in [2.05, 4.69) is 25.8 Å². The predicted molar refractivity (Wildman–Crippen MR) is 99.5 cm³/mol. The number of guanidine groups is 1. The summed E-state index contributed by atoms with van der Waals surface area (Å²) in [6.45, 7) is 3.30. The van der Waals surface area contributed by atoms with Crippen molar-refractivity contribution in [2.45, 2.75) is 26.2 Å². The van der Waals surface area contributed by atoms with Gasteiger partial charge in [-0.2, -0.15) is 13.2 Å². The van der Waals surface area contributed by atoms with E-state index in [-0.39, 0.29) is 30.5 Å². The summed E-state index contributed by atoms with van der Waals surface area (Å²) in [4.78, 5) is 4.36. The van der Waals surface area contributed by atoms with Gasteiger partial charge < -0.3 is 15.2 Å². The second-order valence-corrected chi connectivity index (χ2v) is 5.10. The van der Waals surface area contributed by atoms with E-state index in [9.17, 15) is 13.2 Å². The molecule has 1 heterocycles. The molecule has 0 saturated heterocycles. The topological polar surface area (TPSA) is 67.1 Å². The zero-order chi connectivity index (χ0) is 17.6. The fourth-order valence-corrected chi connectivity index (χ4v) is 1.94. The summed E-state index contributed by atoms with van der Waals surface area (Å²) in [5.74, 6) is 1.30. The van der Waals surface area contributed by atoms with Crippen LogP contribution in [0.4, 0.5) is 13.2 Å². The SMILES string of the molecule is CCNC(=NCc1ccc(C(F)(F)F)cc1)NCc1nncn1C.I. The molecule has 0 unspecified atom stereocenters. The molecule has 1 aromatic carbocycles. The largest absolute Gasteiger partial charge is 0.416 e. The first-order valence-electron chi connectivity index (χ1n) is 7.41. The molecule has 6 nitrogen and oxygen atoms in total. The maximum absolute atomic E-state index is 12.5. The minimum atomic E-state index is -4.33. The van der Waals surface area contributed by atoms with Crippen molar-refractivity contribution in [2.24, 2.45) is 12.0 Å². The Morgan fingerprint density at radius 2 is 1.88 bits per heavy atom. The smallest absolute Gasteiger partial charge is 0.357 e. The number of nitrogens with one attached hydrogen (secondary N) is 2. The van der Waals surface area contributed by atoms with Crippen molar-refractivity contribution in [3.05, 3.63) is 47.5 Å². The number of aryl methyl sites for hydroxylation is 1. The van der Waals surface area contributed by atoms with Crippen molar-refractivity contribution in [3.8, 4) is 0 Å². The molecule has 0 aliphatic carbocycles.